The van der Waals surface area contributed by atoms with E-state index in [1.165, 1.54) is 75.6 Å². The quantitative estimate of drug-likeness (QED) is 0.425. The lowest BCUT2D eigenvalue weighted by molar-refractivity contribution is 0.490. The summed E-state index contributed by atoms with van der Waals surface area (Å²) in [6.45, 7) is 6.62. The second-order valence-electron chi connectivity index (χ2n) is 5.91. The lowest BCUT2D eigenvalue weighted by Crippen LogP contribution is -1.99. The Bertz CT molecular complexity index is 335. The van der Waals surface area contributed by atoms with Gasteiger partial charge in [-0.15, -0.1) is 21.5 Å². The van der Waals surface area contributed by atoms with Crippen LogP contribution < -0.4 is 0 Å². The fourth-order valence-corrected chi connectivity index (χ4v) is 3.55. The van der Waals surface area contributed by atoms with Gasteiger partial charge in [-0.1, -0.05) is 71.6 Å². The SMILES string of the molecule is CCCCCCCC(CCCCCC)c1nnc(C)s1. The summed E-state index contributed by atoms with van der Waals surface area (Å²) in [7, 11) is 0. The first-order chi connectivity index (χ1) is 9.77. The van der Waals surface area contributed by atoms with Crippen molar-refractivity contribution in [1.82, 2.24) is 10.2 Å². The first-order valence-corrected chi connectivity index (χ1v) is 9.39. The maximum Gasteiger partial charge on any atom is 0.120 e. The normalized spacial score (nSPS) is 12.8. The highest BCUT2D eigenvalue weighted by atomic mass is 32.1. The van der Waals surface area contributed by atoms with E-state index in [1.54, 1.807) is 11.3 Å². The number of unbranched alkanes of at least 4 members (excludes halogenated alkanes) is 7. The highest BCUT2D eigenvalue weighted by molar-refractivity contribution is 7.11. The summed E-state index contributed by atoms with van der Waals surface area (Å²) in [5.41, 5.74) is 0. The molecule has 3 heteroatoms. The van der Waals surface area contributed by atoms with E-state index in [2.05, 4.69) is 31.0 Å². The monoisotopic (exact) mass is 296 g/mol. The Labute approximate surface area is 129 Å². The average molecular weight is 297 g/mol. The average Bonchev–Trinajstić information content (AvgIpc) is 2.87. The third kappa shape index (κ3) is 7.37. The van der Waals surface area contributed by atoms with Crippen LogP contribution in [0.3, 0.4) is 0 Å². The van der Waals surface area contributed by atoms with E-state index in [-0.39, 0.29) is 0 Å². The standard InChI is InChI=1S/C17H32N2S/c1-4-6-8-10-12-14-16(13-11-9-7-5-2)17-19-18-15(3)20-17/h16H,4-14H2,1-3H3. The lowest BCUT2D eigenvalue weighted by Gasteiger charge is -2.13. The third-order valence-corrected chi connectivity index (χ3v) is 4.95. The predicted molar refractivity (Wildman–Crippen MR) is 89.5 cm³/mol. The van der Waals surface area contributed by atoms with Crippen molar-refractivity contribution in [2.75, 3.05) is 0 Å². The van der Waals surface area contributed by atoms with Crippen LogP contribution in [-0.2, 0) is 0 Å². The van der Waals surface area contributed by atoms with E-state index in [9.17, 15) is 0 Å². The maximum absolute atomic E-state index is 4.40. The van der Waals surface area contributed by atoms with Crippen LogP contribution in [0.25, 0.3) is 0 Å². The molecule has 0 aliphatic carbocycles. The number of aryl methyl sites for hydroxylation is 1. The van der Waals surface area contributed by atoms with E-state index in [4.69, 9.17) is 0 Å². The Morgan fingerprint density at radius 2 is 1.35 bits per heavy atom. The molecule has 0 N–H and O–H groups in total. The zero-order valence-corrected chi connectivity index (χ0v) is 14.5. The number of nitrogens with zero attached hydrogens (tertiary/aromatic N) is 2. The third-order valence-electron chi connectivity index (χ3n) is 3.95. The first kappa shape index (κ1) is 17.6. The topological polar surface area (TPSA) is 25.8 Å². The molecule has 0 spiro atoms. The van der Waals surface area contributed by atoms with Gasteiger partial charge in [0.25, 0.3) is 0 Å². The molecule has 2 nitrogen and oxygen atoms in total. The molecule has 1 aromatic heterocycles. The molecule has 0 aliphatic rings. The van der Waals surface area contributed by atoms with Crippen LogP contribution in [-0.4, -0.2) is 10.2 Å². The summed E-state index contributed by atoms with van der Waals surface area (Å²) in [6.07, 6.45) is 14.9. The van der Waals surface area contributed by atoms with Crippen molar-refractivity contribution >= 4 is 11.3 Å². The van der Waals surface area contributed by atoms with Gasteiger partial charge in [0.15, 0.2) is 0 Å². The van der Waals surface area contributed by atoms with Gasteiger partial charge in [0, 0.05) is 5.92 Å². The van der Waals surface area contributed by atoms with Crippen molar-refractivity contribution in [3.05, 3.63) is 10.0 Å². The van der Waals surface area contributed by atoms with E-state index in [1.807, 2.05) is 0 Å². The largest absolute Gasteiger partial charge is 0.144 e. The zero-order chi connectivity index (χ0) is 14.6. The Kier molecular flexibility index (Phi) is 9.90. The Hall–Kier alpha value is -0.440. The van der Waals surface area contributed by atoms with Crippen LogP contribution >= 0.6 is 11.3 Å². The summed E-state index contributed by atoms with van der Waals surface area (Å²) in [5.74, 6) is 0.666. The van der Waals surface area contributed by atoms with Crippen LogP contribution in [0.15, 0.2) is 0 Å². The maximum atomic E-state index is 4.40. The Morgan fingerprint density at radius 1 is 0.800 bits per heavy atom. The molecule has 1 unspecified atom stereocenters. The highest BCUT2D eigenvalue weighted by Crippen LogP contribution is 2.30. The summed E-state index contributed by atoms with van der Waals surface area (Å²) in [5, 5.41) is 11.0. The molecule has 0 amide bonds. The molecule has 1 atom stereocenters. The van der Waals surface area contributed by atoms with Gasteiger partial charge >= 0.3 is 0 Å². The molecule has 1 aromatic rings. The van der Waals surface area contributed by atoms with E-state index >= 15 is 0 Å². The predicted octanol–water partition coefficient (Wildman–Crippen LogP) is 6.26. The van der Waals surface area contributed by atoms with Gasteiger partial charge in [-0.05, 0) is 19.8 Å². The molecule has 0 bridgehead atoms. The molecule has 0 aliphatic heterocycles. The molecule has 1 heterocycles. The number of hydrogen-bond acceptors (Lipinski definition) is 3. The van der Waals surface area contributed by atoms with Crippen LogP contribution in [0.4, 0.5) is 0 Å². The molecular weight excluding hydrogens is 264 g/mol. The van der Waals surface area contributed by atoms with Gasteiger partial charge in [0.05, 0.1) is 0 Å². The minimum atomic E-state index is 0.666. The minimum Gasteiger partial charge on any atom is -0.144 e. The van der Waals surface area contributed by atoms with Crippen molar-refractivity contribution in [1.29, 1.82) is 0 Å². The molecule has 0 radical (unpaired) electrons. The van der Waals surface area contributed by atoms with Gasteiger partial charge in [0.2, 0.25) is 0 Å². The second-order valence-corrected chi connectivity index (χ2v) is 7.12. The smallest absolute Gasteiger partial charge is 0.120 e. The van der Waals surface area contributed by atoms with Crippen molar-refractivity contribution in [2.24, 2.45) is 0 Å². The van der Waals surface area contributed by atoms with E-state index in [0.29, 0.717) is 5.92 Å². The van der Waals surface area contributed by atoms with Crippen LogP contribution in [0.5, 0.6) is 0 Å². The Balaban J connectivity index is 2.34. The van der Waals surface area contributed by atoms with Crippen LogP contribution in [0.1, 0.15) is 100 Å². The molecule has 20 heavy (non-hydrogen) atoms. The fourth-order valence-electron chi connectivity index (χ4n) is 2.68. The van der Waals surface area contributed by atoms with Gasteiger partial charge < -0.3 is 0 Å². The number of hydrogen-bond donors (Lipinski definition) is 0. The molecular formula is C17H32N2S. The molecule has 0 saturated heterocycles. The first-order valence-electron chi connectivity index (χ1n) is 8.57. The van der Waals surface area contributed by atoms with Crippen LogP contribution in [0.2, 0.25) is 0 Å². The summed E-state index contributed by atoms with van der Waals surface area (Å²) in [4.78, 5) is 0. The summed E-state index contributed by atoms with van der Waals surface area (Å²) < 4.78 is 0. The second kappa shape index (κ2) is 11.2. The highest BCUT2D eigenvalue weighted by Gasteiger charge is 2.15. The summed E-state index contributed by atoms with van der Waals surface area (Å²) in [6, 6.07) is 0. The molecule has 0 aromatic carbocycles. The van der Waals surface area contributed by atoms with E-state index < -0.39 is 0 Å². The molecule has 0 fully saturated rings. The van der Waals surface area contributed by atoms with Gasteiger partial charge in [-0.25, -0.2) is 0 Å². The Morgan fingerprint density at radius 3 is 1.85 bits per heavy atom. The molecule has 116 valence electrons. The van der Waals surface area contributed by atoms with Crippen molar-refractivity contribution < 1.29 is 0 Å². The number of aromatic nitrogens is 2. The van der Waals surface area contributed by atoms with Gasteiger partial charge in [-0.2, -0.15) is 0 Å². The van der Waals surface area contributed by atoms with Gasteiger partial charge in [0.1, 0.15) is 10.0 Å². The van der Waals surface area contributed by atoms with Crippen LogP contribution in [0, 0.1) is 6.92 Å². The van der Waals surface area contributed by atoms with Crippen molar-refractivity contribution in [3.8, 4) is 0 Å². The lowest BCUT2D eigenvalue weighted by atomic mass is 9.95. The van der Waals surface area contributed by atoms with Gasteiger partial charge in [-0.3, -0.25) is 0 Å². The zero-order valence-electron chi connectivity index (χ0n) is 13.7. The minimum absolute atomic E-state index is 0.666. The molecule has 0 saturated carbocycles. The van der Waals surface area contributed by atoms with Crippen molar-refractivity contribution in [2.45, 2.75) is 97.3 Å². The van der Waals surface area contributed by atoms with Crippen molar-refractivity contribution in [3.63, 3.8) is 0 Å². The summed E-state index contributed by atoms with van der Waals surface area (Å²) >= 11 is 1.81. The molecule has 1 rings (SSSR count). The number of rotatable bonds is 12. The van der Waals surface area contributed by atoms with E-state index in [0.717, 1.165) is 5.01 Å². The fraction of sp³-hybridized carbons (Fsp3) is 0.882.